The van der Waals surface area contributed by atoms with Gasteiger partial charge in [0.1, 0.15) is 12.1 Å². The van der Waals surface area contributed by atoms with Gasteiger partial charge < -0.3 is 31.9 Å². The molecule has 9 heteroatoms. The third-order valence-corrected chi connectivity index (χ3v) is 2.72. The second kappa shape index (κ2) is 9.06. The van der Waals surface area contributed by atoms with Gasteiger partial charge in [0.05, 0.1) is 0 Å². The van der Waals surface area contributed by atoms with E-state index < -0.39 is 24.0 Å². The number of phenols is 2. The van der Waals surface area contributed by atoms with Gasteiger partial charge in [0.2, 0.25) is 0 Å². The van der Waals surface area contributed by atoms with Crippen LogP contribution in [-0.4, -0.2) is 50.2 Å². The zero-order chi connectivity index (χ0) is 16.6. The van der Waals surface area contributed by atoms with Crippen molar-refractivity contribution in [2.24, 2.45) is 11.5 Å². The Morgan fingerprint density at radius 1 is 1.05 bits per heavy atom. The molecule has 21 heavy (non-hydrogen) atoms. The first-order valence-corrected chi connectivity index (χ1v) is 6.40. The van der Waals surface area contributed by atoms with Crippen LogP contribution in [0.25, 0.3) is 0 Å². The van der Waals surface area contributed by atoms with Gasteiger partial charge in [-0.25, -0.2) is 0 Å². The molecule has 8 N–H and O–H groups in total. The maximum Gasteiger partial charge on any atom is 0.321 e. The number of carboxylic acids is 2. The molecular formula is C12H18N2O6S. The lowest BCUT2D eigenvalue weighted by molar-refractivity contribution is -0.139. The molecule has 2 atom stereocenters. The molecule has 8 nitrogen and oxygen atoms in total. The fourth-order valence-corrected chi connectivity index (χ4v) is 1.27. The molecule has 0 bridgehead atoms. The predicted octanol–water partition coefficient (Wildman–Crippen LogP) is -0.620. The van der Waals surface area contributed by atoms with Crippen molar-refractivity contribution in [3.8, 4) is 11.5 Å². The molecule has 0 aliphatic carbocycles. The van der Waals surface area contributed by atoms with Crippen LogP contribution in [0, 0.1) is 0 Å². The number of carbonyl (C=O) groups is 2. The van der Waals surface area contributed by atoms with Crippen LogP contribution in [0.4, 0.5) is 0 Å². The number of hydrogen-bond acceptors (Lipinski definition) is 7. The average molecular weight is 318 g/mol. The third kappa shape index (κ3) is 7.40. The number of benzene rings is 1. The zero-order valence-corrected chi connectivity index (χ0v) is 11.9. The molecule has 0 aliphatic heterocycles. The molecule has 0 spiro atoms. The van der Waals surface area contributed by atoms with E-state index >= 15 is 0 Å². The minimum atomic E-state index is -1.10. The van der Waals surface area contributed by atoms with E-state index in [-0.39, 0.29) is 23.7 Å². The Balaban J connectivity index is 0.000000486. The first-order valence-electron chi connectivity index (χ1n) is 5.77. The number of carboxylic acid groups (broad SMARTS) is 2. The minimum Gasteiger partial charge on any atom is -0.504 e. The number of phenolic OH excluding ortho intramolecular Hbond substituents is 2. The fourth-order valence-electron chi connectivity index (χ4n) is 1.12. The van der Waals surface area contributed by atoms with Crippen molar-refractivity contribution < 1.29 is 30.0 Å². The molecule has 0 radical (unpaired) electrons. The number of hydrogen-bond donors (Lipinski definition) is 7. The quantitative estimate of drug-likeness (QED) is 0.278. The molecule has 0 saturated heterocycles. The van der Waals surface area contributed by atoms with Crippen LogP contribution in [0.15, 0.2) is 18.2 Å². The highest BCUT2D eigenvalue weighted by atomic mass is 32.1. The molecule has 0 saturated carbocycles. The van der Waals surface area contributed by atoms with Crippen molar-refractivity contribution in [3.05, 3.63) is 23.8 Å². The summed E-state index contributed by atoms with van der Waals surface area (Å²) < 4.78 is 0. The fraction of sp³-hybridized carbons (Fsp3) is 0.333. The second-order valence-electron chi connectivity index (χ2n) is 4.10. The van der Waals surface area contributed by atoms with E-state index in [1.54, 1.807) is 0 Å². The highest BCUT2D eigenvalue weighted by Crippen LogP contribution is 2.25. The van der Waals surface area contributed by atoms with Gasteiger partial charge in [-0.2, -0.15) is 12.6 Å². The first kappa shape index (κ1) is 19.0. The zero-order valence-electron chi connectivity index (χ0n) is 11.0. The van der Waals surface area contributed by atoms with Gasteiger partial charge in [0, 0.05) is 5.75 Å². The molecular weight excluding hydrogens is 300 g/mol. The Labute approximate surface area is 126 Å². The normalized spacial score (nSPS) is 12.7. The molecule has 0 amide bonds. The summed E-state index contributed by atoms with van der Waals surface area (Å²) in [4.78, 5) is 20.2. The van der Waals surface area contributed by atoms with E-state index in [1.165, 1.54) is 18.2 Å². The van der Waals surface area contributed by atoms with E-state index in [0.717, 1.165) is 0 Å². The van der Waals surface area contributed by atoms with Gasteiger partial charge in [0.25, 0.3) is 0 Å². The molecule has 1 aromatic rings. The van der Waals surface area contributed by atoms with Crippen molar-refractivity contribution in [2.75, 3.05) is 5.75 Å². The monoisotopic (exact) mass is 318 g/mol. The standard InChI is InChI=1S/C9H11NO4.C3H7NO2S/c10-6(9(13)14)3-5-1-2-7(11)8(12)4-5;4-2(1-7)3(5)6/h1-2,4,6,11-12H,3,10H2,(H,13,14);2,7H,1,4H2,(H,5,6). The summed E-state index contributed by atoms with van der Waals surface area (Å²) >= 11 is 3.65. The Morgan fingerprint density at radius 3 is 1.90 bits per heavy atom. The molecule has 118 valence electrons. The van der Waals surface area contributed by atoms with Crippen LogP contribution in [-0.2, 0) is 16.0 Å². The highest BCUT2D eigenvalue weighted by Gasteiger charge is 2.12. The number of rotatable bonds is 5. The lowest BCUT2D eigenvalue weighted by Crippen LogP contribution is -2.32. The topological polar surface area (TPSA) is 167 Å². The van der Waals surface area contributed by atoms with Crippen molar-refractivity contribution in [1.82, 2.24) is 0 Å². The highest BCUT2D eigenvalue weighted by molar-refractivity contribution is 7.80. The van der Waals surface area contributed by atoms with Crippen molar-refractivity contribution in [1.29, 1.82) is 0 Å². The van der Waals surface area contributed by atoms with E-state index in [2.05, 4.69) is 12.6 Å². The largest absolute Gasteiger partial charge is 0.504 e. The van der Waals surface area contributed by atoms with Crippen molar-refractivity contribution in [2.45, 2.75) is 18.5 Å². The SMILES string of the molecule is NC(CS)C(=O)O.NC(Cc1ccc(O)c(O)c1)C(=O)O. The van der Waals surface area contributed by atoms with Crippen LogP contribution in [0.1, 0.15) is 5.56 Å². The van der Waals surface area contributed by atoms with E-state index in [0.29, 0.717) is 5.56 Å². The van der Waals surface area contributed by atoms with Crippen LogP contribution in [0.3, 0.4) is 0 Å². The molecule has 0 fully saturated rings. The Morgan fingerprint density at radius 2 is 1.57 bits per heavy atom. The first-order chi connectivity index (χ1) is 9.68. The van der Waals surface area contributed by atoms with Crippen molar-refractivity contribution >= 4 is 24.6 Å². The van der Waals surface area contributed by atoms with Gasteiger partial charge in [0.15, 0.2) is 11.5 Å². The lowest BCUT2D eigenvalue weighted by atomic mass is 10.1. The molecule has 0 heterocycles. The molecule has 1 aromatic carbocycles. The maximum atomic E-state index is 10.4. The van der Waals surface area contributed by atoms with Gasteiger partial charge in [-0.05, 0) is 24.1 Å². The van der Waals surface area contributed by atoms with Gasteiger partial charge in [-0.15, -0.1) is 0 Å². The molecule has 1 rings (SSSR count). The number of thiol groups is 1. The molecule has 2 unspecified atom stereocenters. The lowest BCUT2D eigenvalue weighted by Gasteiger charge is -2.06. The summed E-state index contributed by atoms with van der Waals surface area (Å²) in [6, 6.07) is 2.28. The third-order valence-electron chi connectivity index (χ3n) is 2.33. The van der Waals surface area contributed by atoms with Crippen LogP contribution >= 0.6 is 12.6 Å². The summed E-state index contributed by atoms with van der Waals surface area (Å²) in [5.41, 5.74) is 10.8. The molecule has 0 aromatic heterocycles. The van der Waals surface area contributed by atoms with Crippen LogP contribution < -0.4 is 11.5 Å². The summed E-state index contributed by atoms with van der Waals surface area (Å²) in [6.45, 7) is 0. The average Bonchev–Trinajstić information content (AvgIpc) is 2.42. The summed E-state index contributed by atoms with van der Waals surface area (Å²) in [6.07, 6.45) is 0.114. The Hall–Kier alpha value is -1.97. The smallest absolute Gasteiger partial charge is 0.321 e. The van der Waals surface area contributed by atoms with Gasteiger partial charge in [-0.1, -0.05) is 6.07 Å². The molecule has 0 aliphatic rings. The van der Waals surface area contributed by atoms with Gasteiger partial charge in [-0.3, -0.25) is 9.59 Å². The Kier molecular flexibility index (Phi) is 8.21. The summed E-state index contributed by atoms with van der Waals surface area (Å²) in [5, 5.41) is 34.6. The number of aromatic hydroxyl groups is 2. The Bertz CT molecular complexity index is 497. The van der Waals surface area contributed by atoms with E-state index in [4.69, 9.17) is 31.9 Å². The number of aliphatic carboxylic acids is 2. The minimum absolute atomic E-state index is 0.114. The van der Waals surface area contributed by atoms with Crippen LogP contribution in [0.2, 0.25) is 0 Å². The van der Waals surface area contributed by atoms with Crippen LogP contribution in [0.5, 0.6) is 11.5 Å². The van der Waals surface area contributed by atoms with Crippen molar-refractivity contribution in [3.63, 3.8) is 0 Å². The van der Waals surface area contributed by atoms with E-state index in [1.807, 2.05) is 0 Å². The predicted molar refractivity (Wildman–Crippen MR) is 78.6 cm³/mol. The summed E-state index contributed by atoms with van der Waals surface area (Å²) in [7, 11) is 0. The van der Waals surface area contributed by atoms with Gasteiger partial charge >= 0.3 is 11.9 Å². The number of nitrogens with two attached hydrogens (primary N) is 2. The second-order valence-corrected chi connectivity index (χ2v) is 4.46. The van der Waals surface area contributed by atoms with E-state index in [9.17, 15) is 9.59 Å². The summed E-state index contributed by atoms with van der Waals surface area (Å²) in [5.74, 6) is -2.43. The maximum absolute atomic E-state index is 10.4.